The molecule has 7 nitrogen and oxygen atoms in total. The number of ether oxygens (including phenoxy) is 3. The molecule has 160 valence electrons. The lowest BCUT2D eigenvalue weighted by molar-refractivity contribution is 0.0997. The lowest BCUT2D eigenvalue weighted by Gasteiger charge is -2.13. The molecule has 0 saturated carbocycles. The molecule has 7 heteroatoms. The van der Waals surface area contributed by atoms with Crippen molar-refractivity contribution in [3.63, 3.8) is 0 Å². The number of carbonyl (C=O) groups excluding carboxylic acids is 2. The third-order valence-corrected chi connectivity index (χ3v) is 4.29. The monoisotopic (exact) mass is 420 g/mol. The van der Waals surface area contributed by atoms with Crippen LogP contribution in [0.15, 0.2) is 66.7 Å². The van der Waals surface area contributed by atoms with Crippen LogP contribution in [0.5, 0.6) is 23.0 Å². The van der Waals surface area contributed by atoms with Crippen LogP contribution in [-0.2, 0) is 0 Å². The van der Waals surface area contributed by atoms with Crippen LogP contribution in [-0.4, -0.2) is 25.0 Å². The average Bonchev–Trinajstić information content (AvgIpc) is 2.77. The Morgan fingerprint density at radius 3 is 1.87 bits per heavy atom. The van der Waals surface area contributed by atoms with Crippen molar-refractivity contribution in [3.8, 4) is 23.0 Å². The zero-order valence-corrected chi connectivity index (χ0v) is 17.4. The van der Waals surface area contributed by atoms with E-state index in [1.807, 2.05) is 13.8 Å². The topological polar surface area (TPSA) is 99.9 Å². The number of nitrogens with one attached hydrogen (secondary N) is 1. The van der Waals surface area contributed by atoms with Gasteiger partial charge in [-0.25, -0.2) is 0 Å². The highest BCUT2D eigenvalue weighted by Crippen LogP contribution is 2.31. The Morgan fingerprint density at radius 1 is 0.774 bits per heavy atom. The van der Waals surface area contributed by atoms with Crippen LogP contribution < -0.4 is 25.3 Å². The van der Waals surface area contributed by atoms with Crippen LogP contribution in [0.3, 0.4) is 0 Å². The minimum absolute atomic E-state index is 0.260. The van der Waals surface area contributed by atoms with E-state index in [0.29, 0.717) is 53.0 Å². The molecular weight excluding hydrogens is 396 g/mol. The van der Waals surface area contributed by atoms with Gasteiger partial charge >= 0.3 is 0 Å². The molecule has 0 atom stereocenters. The number of amides is 2. The van der Waals surface area contributed by atoms with E-state index in [1.54, 1.807) is 66.7 Å². The molecule has 31 heavy (non-hydrogen) atoms. The van der Waals surface area contributed by atoms with Gasteiger partial charge in [-0.05, 0) is 74.5 Å². The van der Waals surface area contributed by atoms with Crippen molar-refractivity contribution >= 4 is 17.5 Å². The van der Waals surface area contributed by atoms with Gasteiger partial charge in [0, 0.05) is 22.9 Å². The van der Waals surface area contributed by atoms with Crippen LogP contribution in [0.25, 0.3) is 0 Å². The van der Waals surface area contributed by atoms with Crippen molar-refractivity contribution in [1.29, 1.82) is 0 Å². The smallest absolute Gasteiger partial charge is 0.255 e. The zero-order chi connectivity index (χ0) is 22.2. The Bertz CT molecular complexity index is 1050. The SMILES string of the molecule is CCOc1ccc(NC(=O)c2ccc(Oc3ccc(C(N)=O)cc3)cc2)cc1OCC. The van der Waals surface area contributed by atoms with Crippen molar-refractivity contribution < 1.29 is 23.8 Å². The highest BCUT2D eigenvalue weighted by Gasteiger charge is 2.11. The maximum Gasteiger partial charge on any atom is 0.255 e. The first kappa shape index (κ1) is 21.7. The van der Waals surface area contributed by atoms with Crippen molar-refractivity contribution in [2.45, 2.75) is 13.8 Å². The van der Waals surface area contributed by atoms with Crippen LogP contribution in [0, 0.1) is 0 Å². The Kier molecular flexibility index (Phi) is 7.11. The van der Waals surface area contributed by atoms with E-state index >= 15 is 0 Å². The van der Waals surface area contributed by atoms with Gasteiger partial charge in [-0.1, -0.05) is 0 Å². The van der Waals surface area contributed by atoms with Crippen LogP contribution in [0.2, 0.25) is 0 Å². The quantitative estimate of drug-likeness (QED) is 0.526. The van der Waals surface area contributed by atoms with Gasteiger partial charge in [-0.2, -0.15) is 0 Å². The summed E-state index contributed by atoms with van der Waals surface area (Å²) in [5, 5.41) is 2.85. The summed E-state index contributed by atoms with van der Waals surface area (Å²) in [6.45, 7) is 4.80. The predicted molar refractivity (Wildman–Crippen MR) is 118 cm³/mol. The first-order valence-electron chi connectivity index (χ1n) is 9.89. The van der Waals surface area contributed by atoms with E-state index < -0.39 is 5.91 Å². The first-order chi connectivity index (χ1) is 15.0. The molecule has 0 aliphatic carbocycles. The van der Waals surface area contributed by atoms with E-state index in [0.717, 1.165) is 0 Å². The van der Waals surface area contributed by atoms with Gasteiger partial charge in [0.2, 0.25) is 5.91 Å². The maximum absolute atomic E-state index is 12.6. The first-order valence-corrected chi connectivity index (χ1v) is 9.89. The highest BCUT2D eigenvalue weighted by atomic mass is 16.5. The normalized spacial score (nSPS) is 10.3. The zero-order valence-electron chi connectivity index (χ0n) is 17.4. The number of hydrogen-bond acceptors (Lipinski definition) is 5. The molecule has 0 fully saturated rings. The summed E-state index contributed by atoms with van der Waals surface area (Å²) in [4.78, 5) is 23.7. The fourth-order valence-corrected chi connectivity index (χ4v) is 2.83. The van der Waals surface area contributed by atoms with Gasteiger partial charge in [-0.15, -0.1) is 0 Å². The van der Waals surface area contributed by atoms with Gasteiger partial charge in [0.05, 0.1) is 13.2 Å². The standard InChI is InChI=1S/C24H24N2O5/c1-3-29-21-14-9-18(15-22(21)30-4-2)26-24(28)17-7-12-20(13-8-17)31-19-10-5-16(6-11-19)23(25)27/h5-15H,3-4H2,1-2H3,(H2,25,27)(H,26,28). The molecule has 2 amide bonds. The summed E-state index contributed by atoms with van der Waals surface area (Å²) in [6, 6.07) is 18.5. The van der Waals surface area contributed by atoms with Crippen LogP contribution in [0.4, 0.5) is 5.69 Å². The summed E-state index contributed by atoms with van der Waals surface area (Å²) in [5.74, 6) is 1.57. The predicted octanol–water partition coefficient (Wildman–Crippen LogP) is 4.63. The number of carbonyl (C=O) groups is 2. The third kappa shape index (κ3) is 5.76. The summed E-state index contributed by atoms with van der Waals surface area (Å²) >= 11 is 0. The molecule has 0 heterocycles. The van der Waals surface area contributed by atoms with E-state index in [1.165, 1.54) is 0 Å². The molecule has 0 radical (unpaired) electrons. The molecule has 0 aliphatic rings. The molecule has 3 rings (SSSR count). The van der Waals surface area contributed by atoms with Crippen LogP contribution in [0.1, 0.15) is 34.6 Å². The molecule has 0 unspecified atom stereocenters. The largest absolute Gasteiger partial charge is 0.490 e. The molecule has 3 aromatic rings. The molecule has 0 aliphatic heterocycles. The molecule has 0 spiro atoms. The number of benzene rings is 3. The summed E-state index contributed by atoms with van der Waals surface area (Å²) in [7, 11) is 0. The fourth-order valence-electron chi connectivity index (χ4n) is 2.83. The molecule has 0 bridgehead atoms. The second kappa shape index (κ2) is 10.2. The Labute approximate surface area is 180 Å². The number of rotatable bonds is 9. The number of primary amides is 1. The minimum atomic E-state index is -0.497. The summed E-state index contributed by atoms with van der Waals surface area (Å²) in [6.07, 6.45) is 0. The second-order valence-corrected chi connectivity index (χ2v) is 6.50. The summed E-state index contributed by atoms with van der Waals surface area (Å²) < 4.78 is 16.9. The lowest BCUT2D eigenvalue weighted by atomic mass is 10.2. The second-order valence-electron chi connectivity index (χ2n) is 6.50. The van der Waals surface area contributed by atoms with Gasteiger partial charge in [0.25, 0.3) is 5.91 Å². The van der Waals surface area contributed by atoms with Crippen molar-refractivity contribution in [3.05, 3.63) is 77.9 Å². The molecule has 3 aromatic carbocycles. The highest BCUT2D eigenvalue weighted by molar-refractivity contribution is 6.04. The van der Waals surface area contributed by atoms with Crippen molar-refractivity contribution in [2.24, 2.45) is 5.73 Å². The van der Waals surface area contributed by atoms with Gasteiger partial charge in [0.15, 0.2) is 11.5 Å². The maximum atomic E-state index is 12.6. The minimum Gasteiger partial charge on any atom is -0.490 e. The van der Waals surface area contributed by atoms with Gasteiger partial charge in [0.1, 0.15) is 11.5 Å². The average molecular weight is 420 g/mol. The molecular formula is C24H24N2O5. The van der Waals surface area contributed by atoms with E-state index in [9.17, 15) is 9.59 Å². The lowest BCUT2D eigenvalue weighted by Crippen LogP contribution is -2.12. The Morgan fingerprint density at radius 2 is 1.32 bits per heavy atom. The third-order valence-electron chi connectivity index (χ3n) is 4.29. The van der Waals surface area contributed by atoms with E-state index in [-0.39, 0.29) is 5.91 Å². The molecule has 0 aromatic heterocycles. The van der Waals surface area contributed by atoms with E-state index in [2.05, 4.69) is 5.32 Å². The number of hydrogen-bond donors (Lipinski definition) is 2. The molecule has 3 N–H and O–H groups in total. The molecule has 0 saturated heterocycles. The number of anilines is 1. The van der Waals surface area contributed by atoms with Crippen LogP contribution >= 0.6 is 0 Å². The Hall–Kier alpha value is -4.00. The van der Waals surface area contributed by atoms with Gasteiger partial charge in [-0.3, -0.25) is 9.59 Å². The van der Waals surface area contributed by atoms with Crippen molar-refractivity contribution in [2.75, 3.05) is 18.5 Å². The number of nitrogens with two attached hydrogens (primary N) is 1. The fraction of sp³-hybridized carbons (Fsp3) is 0.167. The summed E-state index contributed by atoms with van der Waals surface area (Å²) in [5.41, 5.74) is 6.71. The van der Waals surface area contributed by atoms with Crippen molar-refractivity contribution in [1.82, 2.24) is 0 Å². The van der Waals surface area contributed by atoms with Gasteiger partial charge < -0.3 is 25.3 Å². The Balaban J connectivity index is 1.66. The van der Waals surface area contributed by atoms with E-state index in [4.69, 9.17) is 19.9 Å².